The highest BCUT2D eigenvalue weighted by Gasteiger charge is 2.26. The van der Waals surface area contributed by atoms with Gasteiger partial charge in [0.1, 0.15) is 0 Å². The molecule has 1 aromatic heterocycles. The summed E-state index contributed by atoms with van der Waals surface area (Å²) >= 11 is 1.84. The Morgan fingerprint density at radius 3 is 1.09 bits per heavy atom. The van der Waals surface area contributed by atoms with Gasteiger partial charge in [-0.15, -0.1) is 11.3 Å². The molecule has 0 bridgehead atoms. The van der Waals surface area contributed by atoms with E-state index in [2.05, 4.69) is 271 Å². The summed E-state index contributed by atoms with van der Waals surface area (Å²) in [5.74, 6) is 0. The highest BCUT2D eigenvalue weighted by molar-refractivity contribution is 7.18. The summed E-state index contributed by atoms with van der Waals surface area (Å²) in [7, 11) is 0. The van der Waals surface area contributed by atoms with Crippen molar-refractivity contribution >= 4 is 45.8 Å². The Morgan fingerprint density at radius 1 is 0.308 bits per heavy atom. The van der Waals surface area contributed by atoms with E-state index in [-0.39, 0.29) is 6.04 Å². The van der Waals surface area contributed by atoms with Crippen LogP contribution in [0.3, 0.4) is 0 Å². The van der Waals surface area contributed by atoms with E-state index < -0.39 is 0 Å². The molecule has 0 amide bonds. The van der Waals surface area contributed by atoms with Crippen LogP contribution in [0.2, 0.25) is 0 Å². The van der Waals surface area contributed by atoms with Crippen LogP contribution in [0.1, 0.15) is 23.6 Å². The average Bonchev–Trinajstić information content (AvgIpc) is 3.89. The van der Waals surface area contributed by atoms with E-state index in [1.54, 1.807) is 0 Å². The molecule has 0 N–H and O–H groups in total. The highest BCUT2D eigenvalue weighted by Crippen LogP contribution is 2.44. The van der Waals surface area contributed by atoms with E-state index in [1.165, 1.54) is 76.8 Å². The quantitative estimate of drug-likeness (QED) is 0.128. The van der Waals surface area contributed by atoms with Gasteiger partial charge in [0.25, 0.3) is 0 Å². The predicted molar refractivity (Wildman–Crippen MR) is 278 cm³/mol. The Morgan fingerprint density at radius 2 is 0.646 bits per heavy atom. The molecule has 1 aliphatic rings. The van der Waals surface area contributed by atoms with E-state index in [0.717, 1.165) is 23.5 Å². The van der Waals surface area contributed by atoms with Crippen molar-refractivity contribution in [1.82, 2.24) is 0 Å². The molecule has 1 aliphatic carbocycles. The van der Waals surface area contributed by atoms with Gasteiger partial charge in [-0.25, -0.2) is 0 Å². The van der Waals surface area contributed by atoms with Crippen LogP contribution < -0.4 is 9.80 Å². The topological polar surface area (TPSA) is 6.48 Å². The predicted octanol–water partition coefficient (Wildman–Crippen LogP) is 17.8. The Bertz CT molecular complexity index is 3090. The van der Waals surface area contributed by atoms with Gasteiger partial charge in [-0.1, -0.05) is 188 Å². The summed E-state index contributed by atoms with van der Waals surface area (Å²) < 4.78 is 0. The van der Waals surface area contributed by atoms with Crippen LogP contribution in [0.25, 0.3) is 60.3 Å². The van der Waals surface area contributed by atoms with Crippen molar-refractivity contribution in [3.63, 3.8) is 0 Å². The monoisotopic (exact) mass is 850 g/mol. The molecule has 0 saturated heterocycles. The van der Waals surface area contributed by atoms with Crippen LogP contribution in [-0.2, 0) is 0 Å². The standard InChI is InChI=1S/C62H46N2S/c1-4-13-45(14-5-1)47-23-33-54(34-24-47)63(55-35-25-48(26-36-55)46-15-6-2-7-16-46)56-37-27-49(28-38-56)50-29-39-57(40-30-50)64(60-22-12-20-51-17-10-11-21-59(51)60)58-41-31-53(32-42-58)62-44-43-61(65-62)52-18-8-3-9-19-52/h1-21,23-44,60H,22H2. The molecule has 0 saturated carbocycles. The summed E-state index contributed by atoms with van der Waals surface area (Å²) in [6, 6.07) is 90.3. The molecule has 65 heavy (non-hydrogen) atoms. The lowest BCUT2D eigenvalue weighted by atomic mass is 9.90. The molecule has 0 spiro atoms. The van der Waals surface area contributed by atoms with Gasteiger partial charge in [-0.05, 0) is 135 Å². The third-order valence-electron chi connectivity index (χ3n) is 12.5. The van der Waals surface area contributed by atoms with Crippen molar-refractivity contribution in [1.29, 1.82) is 0 Å². The van der Waals surface area contributed by atoms with Gasteiger partial charge in [0.05, 0.1) is 6.04 Å². The van der Waals surface area contributed by atoms with Gasteiger partial charge < -0.3 is 9.80 Å². The van der Waals surface area contributed by atoms with Crippen molar-refractivity contribution in [3.05, 3.63) is 266 Å². The SMILES string of the molecule is C1=Cc2ccccc2C(N(c2ccc(-c3ccc(N(c4ccc(-c5ccccc5)cc4)c4ccc(-c5ccccc5)cc4)cc3)cc2)c2ccc(-c3ccc(-c4ccccc4)s3)cc2)C1. The zero-order chi connectivity index (χ0) is 43.4. The maximum atomic E-state index is 2.52. The fraction of sp³-hybridized carbons (Fsp3) is 0.0323. The minimum atomic E-state index is 0.160. The molecule has 10 aromatic rings. The lowest BCUT2D eigenvalue weighted by molar-refractivity contribution is 0.702. The number of hydrogen-bond donors (Lipinski definition) is 0. The van der Waals surface area contributed by atoms with Gasteiger partial charge in [-0.3, -0.25) is 0 Å². The third-order valence-corrected chi connectivity index (χ3v) is 13.7. The van der Waals surface area contributed by atoms with E-state index in [4.69, 9.17) is 0 Å². The maximum absolute atomic E-state index is 2.52. The molecule has 3 heteroatoms. The summed E-state index contributed by atoms with van der Waals surface area (Å²) in [6.07, 6.45) is 5.51. The van der Waals surface area contributed by atoms with E-state index in [0.29, 0.717) is 0 Å². The highest BCUT2D eigenvalue weighted by atomic mass is 32.1. The molecule has 9 aromatic carbocycles. The second kappa shape index (κ2) is 18.0. The molecule has 310 valence electrons. The van der Waals surface area contributed by atoms with Crippen LogP contribution >= 0.6 is 11.3 Å². The summed E-state index contributed by atoms with van der Waals surface area (Å²) in [6.45, 7) is 0. The Hall–Kier alpha value is -7.98. The smallest absolute Gasteiger partial charge is 0.0631 e. The average molecular weight is 851 g/mol. The van der Waals surface area contributed by atoms with Crippen LogP contribution in [0.5, 0.6) is 0 Å². The van der Waals surface area contributed by atoms with Crippen molar-refractivity contribution < 1.29 is 0 Å². The van der Waals surface area contributed by atoms with Crippen molar-refractivity contribution in [2.24, 2.45) is 0 Å². The van der Waals surface area contributed by atoms with Crippen LogP contribution in [-0.4, -0.2) is 0 Å². The molecule has 0 radical (unpaired) electrons. The number of rotatable bonds is 11. The number of hydrogen-bond acceptors (Lipinski definition) is 3. The molecule has 2 nitrogen and oxygen atoms in total. The summed E-state index contributed by atoms with van der Waals surface area (Å²) in [4.78, 5) is 7.42. The maximum Gasteiger partial charge on any atom is 0.0631 e. The first-order chi connectivity index (χ1) is 32.2. The molecule has 1 atom stereocenters. The van der Waals surface area contributed by atoms with Crippen LogP contribution in [0.4, 0.5) is 28.4 Å². The van der Waals surface area contributed by atoms with E-state index in [9.17, 15) is 0 Å². The van der Waals surface area contributed by atoms with Gasteiger partial charge in [-0.2, -0.15) is 0 Å². The second-order valence-corrected chi connectivity index (χ2v) is 17.6. The lowest BCUT2D eigenvalue weighted by Crippen LogP contribution is -2.25. The molecule has 0 fully saturated rings. The molecule has 11 rings (SSSR count). The number of fused-ring (bicyclic) bond motifs is 1. The molecule has 1 heterocycles. The van der Waals surface area contributed by atoms with Gasteiger partial charge in [0, 0.05) is 38.2 Å². The lowest BCUT2D eigenvalue weighted by Gasteiger charge is -2.36. The fourth-order valence-electron chi connectivity index (χ4n) is 9.14. The Balaban J connectivity index is 0.899. The fourth-order valence-corrected chi connectivity index (χ4v) is 10.2. The number of anilines is 5. The Labute approximate surface area is 386 Å². The van der Waals surface area contributed by atoms with Gasteiger partial charge >= 0.3 is 0 Å². The second-order valence-electron chi connectivity index (χ2n) is 16.5. The molecule has 1 unspecified atom stereocenters. The Kier molecular flexibility index (Phi) is 11.0. The molecular formula is C62H46N2S. The zero-order valence-corrected chi connectivity index (χ0v) is 36.7. The minimum Gasteiger partial charge on any atom is -0.334 e. The first-order valence-electron chi connectivity index (χ1n) is 22.3. The molecule has 0 aliphatic heterocycles. The zero-order valence-electron chi connectivity index (χ0n) is 35.9. The summed E-state index contributed by atoms with van der Waals surface area (Å²) in [5, 5.41) is 0. The van der Waals surface area contributed by atoms with Crippen molar-refractivity contribution in [3.8, 4) is 54.3 Å². The number of nitrogens with zero attached hydrogens (tertiary/aromatic N) is 2. The third kappa shape index (κ3) is 8.34. The van der Waals surface area contributed by atoms with E-state index >= 15 is 0 Å². The minimum absolute atomic E-state index is 0.160. The van der Waals surface area contributed by atoms with Crippen molar-refractivity contribution in [2.75, 3.05) is 9.80 Å². The summed E-state index contributed by atoms with van der Waals surface area (Å²) in [5.41, 5.74) is 17.9. The number of benzene rings is 9. The first-order valence-corrected chi connectivity index (χ1v) is 23.2. The van der Waals surface area contributed by atoms with Gasteiger partial charge in [0.2, 0.25) is 0 Å². The number of thiophene rings is 1. The largest absolute Gasteiger partial charge is 0.334 e. The molecular weight excluding hydrogens is 805 g/mol. The normalized spacial score (nSPS) is 13.0. The van der Waals surface area contributed by atoms with Gasteiger partial charge in [0.15, 0.2) is 0 Å². The van der Waals surface area contributed by atoms with E-state index in [1.807, 2.05) is 11.3 Å². The van der Waals surface area contributed by atoms with Crippen LogP contribution in [0.15, 0.2) is 255 Å². The first kappa shape index (κ1) is 39.8. The van der Waals surface area contributed by atoms with Crippen molar-refractivity contribution in [2.45, 2.75) is 12.5 Å². The van der Waals surface area contributed by atoms with Crippen LogP contribution in [0, 0.1) is 0 Å².